The maximum atomic E-state index is 2.79. The molecule has 0 N–H and O–H groups in total. The van der Waals surface area contributed by atoms with Crippen molar-refractivity contribution in [3.05, 3.63) is 6.42 Å². The van der Waals surface area contributed by atoms with Crippen LogP contribution in [0.2, 0.25) is 0 Å². The highest BCUT2D eigenvalue weighted by Crippen LogP contribution is 2.49. The molecular formula is C14H23. The SMILES string of the molecule is [CH]1C2CCCCC2CC2CCCCC12. The van der Waals surface area contributed by atoms with Crippen molar-refractivity contribution in [3.8, 4) is 0 Å². The van der Waals surface area contributed by atoms with Gasteiger partial charge in [0.2, 0.25) is 0 Å². The van der Waals surface area contributed by atoms with Gasteiger partial charge in [0.15, 0.2) is 0 Å². The second-order valence-electron chi connectivity index (χ2n) is 5.84. The quantitative estimate of drug-likeness (QED) is 0.538. The number of fused-ring (bicyclic) bond motifs is 2. The van der Waals surface area contributed by atoms with E-state index in [9.17, 15) is 0 Å². The summed E-state index contributed by atoms with van der Waals surface area (Å²) in [7, 11) is 0. The van der Waals surface area contributed by atoms with Gasteiger partial charge in [-0.05, 0) is 49.4 Å². The smallest absolute Gasteiger partial charge is 0.0318 e. The Morgan fingerprint density at radius 2 is 1.14 bits per heavy atom. The maximum Gasteiger partial charge on any atom is -0.0318 e. The third-order valence-electron chi connectivity index (χ3n) is 5.04. The van der Waals surface area contributed by atoms with Gasteiger partial charge in [0.1, 0.15) is 0 Å². The van der Waals surface area contributed by atoms with Gasteiger partial charge in [0, 0.05) is 0 Å². The predicted octanol–water partition coefficient (Wildman–Crippen LogP) is 4.21. The van der Waals surface area contributed by atoms with Gasteiger partial charge in [0.25, 0.3) is 0 Å². The third kappa shape index (κ3) is 1.61. The van der Waals surface area contributed by atoms with Crippen LogP contribution in [0.1, 0.15) is 57.8 Å². The van der Waals surface area contributed by atoms with E-state index in [1.807, 2.05) is 0 Å². The Balaban J connectivity index is 1.68. The lowest BCUT2D eigenvalue weighted by atomic mass is 9.60. The first-order valence-electron chi connectivity index (χ1n) is 6.78. The van der Waals surface area contributed by atoms with E-state index in [0.29, 0.717) is 0 Å². The highest BCUT2D eigenvalue weighted by molar-refractivity contribution is 4.99. The van der Waals surface area contributed by atoms with Crippen LogP contribution >= 0.6 is 0 Å². The van der Waals surface area contributed by atoms with Crippen molar-refractivity contribution < 1.29 is 0 Å². The third-order valence-corrected chi connectivity index (χ3v) is 5.04. The Morgan fingerprint density at radius 3 is 1.71 bits per heavy atom. The Kier molecular flexibility index (Phi) is 2.55. The molecule has 0 saturated heterocycles. The summed E-state index contributed by atoms with van der Waals surface area (Å²) in [5, 5.41) is 0. The van der Waals surface area contributed by atoms with Crippen molar-refractivity contribution in [2.45, 2.75) is 57.8 Å². The van der Waals surface area contributed by atoms with Crippen molar-refractivity contribution in [1.29, 1.82) is 0 Å². The minimum absolute atomic E-state index is 1.03. The summed E-state index contributed by atoms with van der Waals surface area (Å²) >= 11 is 0. The zero-order valence-electron chi connectivity index (χ0n) is 9.25. The predicted molar refractivity (Wildman–Crippen MR) is 59.8 cm³/mol. The fourth-order valence-electron chi connectivity index (χ4n) is 4.27. The van der Waals surface area contributed by atoms with E-state index >= 15 is 0 Å². The average Bonchev–Trinajstić information content (AvgIpc) is 2.26. The minimum atomic E-state index is 1.03. The summed E-state index contributed by atoms with van der Waals surface area (Å²) in [6, 6.07) is 0. The molecule has 3 aliphatic rings. The molecule has 4 unspecified atom stereocenters. The summed E-state index contributed by atoms with van der Waals surface area (Å²) in [6.07, 6.45) is 16.6. The van der Waals surface area contributed by atoms with Gasteiger partial charge in [-0.1, -0.05) is 38.5 Å². The van der Waals surface area contributed by atoms with Crippen molar-refractivity contribution in [1.82, 2.24) is 0 Å². The van der Waals surface area contributed by atoms with Crippen LogP contribution in [-0.2, 0) is 0 Å². The molecule has 3 saturated carbocycles. The summed E-state index contributed by atoms with van der Waals surface area (Å²) < 4.78 is 0. The number of hydrogen-bond acceptors (Lipinski definition) is 0. The molecular weight excluding hydrogens is 168 g/mol. The highest BCUT2D eigenvalue weighted by atomic mass is 14.4. The largest absolute Gasteiger partial charge is 0.0530 e. The fraction of sp³-hybridized carbons (Fsp3) is 0.929. The van der Waals surface area contributed by atoms with Crippen LogP contribution in [0, 0.1) is 30.1 Å². The zero-order chi connectivity index (χ0) is 9.38. The topological polar surface area (TPSA) is 0 Å². The average molecular weight is 191 g/mol. The van der Waals surface area contributed by atoms with Crippen LogP contribution in [-0.4, -0.2) is 0 Å². The second kappa shape index (κ2) is 3.87. The van der Waals surface area contributed by atoms with E-state index in [-0.39, 0.29) is 0 Å². The Hall–Kier alpha value is 0. The summed E-state index contributed by atoms with van der Waals surface area (Å²) in [6.45, 7) is 0. The monoisotopic (exact) mass is 191 g/mol. The number of rotatable bonds is 0. The lowest BCUT2D eigenvalue weighted by Gasteiger charge is -2.45. The van der Waals surface area contributed by atoms with Crippen LogP contribution in [0.25, 0.3) is 0 Å². The van der Waals surface area contributed by atoms with Crippen LogP contribution < -0.4 is 0 Å². The molecule has 0 aromatic rings. The van der Waals surface area contributed by atoms with Crippen LogP contribution in [0.5, 0.6) is 0 Å². The van der Waals surface area contributed by atoms with Crippen molar-refractivity contribution in [3.63, 3.8) is 0 Å². The van der Waals surface area contributed by atoms with E-state index in [1.54, 1.807) is 19.3 Å². The molecule has 1 radical (unpaired) electrons. The van der Waals surface area contributed by atoms with Gasteiger partial charge in [-0.3, -0.25) is 0 Å². The summed E-state index contributed by atoms with van der Waals surface area (Å²) in [4.78, 5) is 0. The summed E-state index contributed by atoms with van der Waals surface area (Å²) in [5.41, 5.74) is 0. The zero-order valence-corrected chi connectivity index (χ0v) is 9.25. The second-order valence-corrected chi connectivity index (χ2v) is 5.84. The Labute approximate surface area is 88.5 Å². The van der Waals surface area contributed by atoms with Gasteiger partial charge < -0.3 is 0 Å². The molecule has 0 amide bonds. The molecule has 0 aromatic heterocycles. The maximum absolute atomic E-state index is 2.79. The van der Waals surface area contributed by atoms with Gasteiger partial charge in [-0.2, -0.15) is 0 Å². The molecule has 0 aromatic carbocycles. The van der Waals surface area contributed by atoms with Gasteiger partial charge in [0.05, 0.1) is 0 Å². The van der Waals surface area contributed by atoms with E-state index in [2.05, 4.69) is 6.42 Å². The lowest BCUT2D eigenvalue weighted by molar-refractivity contribution is 0.103. The van der Waals surface area contributed by atoms with E-state index < -0.39 is 0 Å². The normalized spacial score (nSPS) is 48.0. The molecule has 4 atom stereocenters. The van der Waals surface area contributed by atoms with Crippen LogP contribution in [0.4, 0.5) is 0 Å². The molecule has 3 rings (SSSR count). The Morgan fingerprint density at radius 1 is 0.643 bits per heavy atom. The van der Waals surface area contributed by atoms with Crippen molar-refractivity contribution >= 4 is 0 Å². The number of hydrogen-bond donors (Lipinski definition) is 0. The van der Waals surface area contributed by atoms with Gasteiger partial charge in [-0.15, -0.1) is 0 Å². The molecule has 0 spiro atoms. The van der Waals surface area contributed by atoms with Gasteiger partial charge in [-0.25, -0.2) is 0 Å². The summed E-state index contributed by atoms with van der Waals surface area (Å²) in [5.74, 6) is 4.26. The molecule has 0 bridgehead atoms. The first-order chi connectivity index (χ1) is 6.93. The lowest BCUT2D eigenvalue weighted by Crippen LogP contribution is -2.35. The first-order valence-corrected chi connectivity index (χ1v) is 6.78. The Bertz CT molecular complexity index is 154. The fourth-order valence-corrected chi connectivity index (χ4v) is 4.27. The molecule has 3 fully saturated rings. The van der Waals surface area contributed by atoms with Crippen molar-refractivity contribution in [2.75, 3.05) is 0 Å². The highest BCUT2D eigenvalue weighted by Gasteiger charge is 2.38. The van der Waals surface area contributed by atoms with Crippen LogP contribution in [0.15, 0.2) is 0 Å². The molecule has 0 nitrogen and oxygen atoms in total. The van der Waals surface area contributed by atoms with Crippen LogP contribution in [0.3, 0.4) is 0 Å². The molecule has 0 heterocycles. The minimum Gasteiger partial charge on any atom is -0.0530 e. The molecule has 0 heteroatoms. The molecule has 3 aliphatic carbocycles. The molecule has 14 heavy (non-hydrogen) atoms. The first kappa shape index (κ1) is 9.24. The van der Waals surface area contributed by atoms with E-state index in [0.717, 1.165) is 23.7 Å². The molecule has 0 aliphatic heterocycles. The molecule has 79 valence electrons. The van der Waals surface area contributed by atoms with Gasteiger partial charge >= 0.3 is 0 Å². The standard InChI is InChI=1S/C14H23/c1-2-6-12-10-14-8-4-3-7-13(14)9-11(12)5-1/h9,11-14H,1-8,10H2. The van der Waals surface area contributed by atoms with E-state index in [4.69, 9.17) is 0 Å². The van der Waals surface area contributed by atoms with Crippen molar-refractivity contribution in [2.24, 2.45) is 23.7 Å². The van der Waals surface area contributed by atoms with E-state index in [1.165, 1.54) is 38.5 Å².